The van der Waals surface area contributed by atoms with Gasteiger partial charge in [0.25, 0.3) is 5.91 Å². The molecule has 1 aromatic carbocycles. The van der Waals surface area contributed by atoms with Gasteiger partial charge in [0.05, 0.1) is 59.1 Å². The SMILES string of the molecule is CCOc1cccc(-c2ccc3cnc(CNC(=O)c4ccc5c(c4)S(=O)(=O)[C@@H](C)COC5)cc3n2)n1. The number of fused-ring (bicyclic) bond motifs is 2. The van der Waals surface area contributed by atoms with Crippen LogP contribution in [-0.2, 0) is 27.7 Å². The van der Waals surface area contributed by atoms with E-state index in [9.17, 15) is 13.2 Å². The van der Waals surface area contributed by atoms with Crippen LogP contribution in [-0.4, -0.2) is 47.7 Å². The van der Waals surface area contributed by atoms with Crippen molar-refractivity contribution >= 4 is 26.6 Å². The summed E-state index contributed by atoms with van der Waals surface area (Å²) in [5.74, 6) is 0.143. The van der Waals surface area contributed by atoms with Crippen molar-refractivity contribution in [1.29, 1.82) is 0 Å². The highest BCUT2D eigenvalue weighted by Crippen LogP contribution is 2.27. The molecule has 0 spiro atoms. The summed E-state index contributed by atoms with van der Waals surface area (Å²) in [7, 11) is -3.58. The van der Waals surface area contributed by atoms with Gasteiger partial charge in [0.2, 0.25) is 5.88 Å². The Hall–Kier alpha value is -3.89. The van der Waals surface area contributed by atoms with E-state index >= 15 is 0 Å². The lowest BCUT2D eigenvalue weighted by Gasteiger charge is -2.12. The summed E-state index contributed by atoms with van der Waals surface area (Å²) >= 11 is 0. The summed E-state index contributed by atoms with van der Waals surface area (Å²) in [6.07, 6.45) is 1.70. The normalized spacial score (nSPS) is 16.5. The highest BCUT2D eigenvalue weighted by Gasteiger charge is 2.30. The molecule has 1 amide bonds. The number of aromatic nitrogens is 3. The van der Waals surface area contributed by atoms with Gasteiger partial charge < -0.3 is 14.8 Å². The fraction of sp³-hybridized carbons (Fsp3) is 0.259. The van der Waals surface area contributed by atoms with Crippen LogP contribution in [0.3, 0.4) is 0 Å². The van der Waals surface area contributed by atoms with Gasteiger partial charge in [0, 0.05) is 23.2 Å². The lowest BCUT2D eigenvalue weighted by Crippen LogP contribution is -2.24. The zero-order chi connectivity index (χ0) is 26.0. The Balaban J connectivity index is 1.35. The van der Waals surface area contributed by atoms with Gasteiger partial charge in [-0.05, 0) is 55.8 Å². The van der Waals surface area contributed by atoms with E-state index in [0.29, 0.717) is 40.6 Å². The number of carbonyl (C=O) groups is 1. The number of nitrogens with one attached hydrogen (secondary N) is 1. The molecule has 1 atom stereocenters. The van der Waals surface area contributed by atoms with Gasteiger partial charge in [-0.3, -0.25) is 9.78 Å². The van der Waals surface area contributed by atoms with Gasteiger partial charge in [0.1, 0.15) is 0 Å². The van der Waals surface area contributed by atoms with Gasteiger partial charge in [0.15, 0.2) is 9.84 Å². The topological polar surface area (TPSA) is 120 Å². The van der Waals surface area contributed by atoms with Gasteiger partial charge in [-0.2, -0.15) is 0 Å². The first-order valence-corrected chi connectivity index (χ1v) is 13.5. The number of hydrogen-bond donors (Lipinski definition) is 1. The Morgan fingerprint density at radius 1 is 1.11 bits per heavy atom. The van der Waals surface area contributed by atoms with E-state index < -0.39 is 21.0 Å². The van der Waals surface area contributed by atoms with Crippen LogP contribution >= 0.6 is 0 Å². The Kier molecular flexibility index (Phi) is 6.86. The fourth-order valence-corrected chi connectivity index (χ4v) is 5.57. The molecule has 9 nitrogen and oxygen atoms in total. The van der Waals surface area contributed by atoms with Gasteiger partial charge >= 0.3 is 0 Å². The molecule has 0 saturated heterocycles. The van der Waals surface area contributed by atoms with Gasteiger partial charge in [-0.1, -0.05) is 12.1 Å². The zero-order valence-electron chi connectivity index (χ0n) is 20.5. The van der Waals surface area contributed by atoms with E-state index in [1.54, 1.807) is 31.3 Å². The van der Waals surface area contributed by atoms with Crippen LogP contribution in [0.15, 0.2) is 65.7 Å². The van der Waals surface area contributed by atoms with E-state index in [4.69, 9.17) is 14.5 Å². The van der Waals surface area contributed by atoms with Crippen molar-refractivity contribution in [1.82, 2.24) is 20.3 Å². The molecular formula is C27H26N4O5S. The molecule has 0 saturated carbocycles. The number of amides is 1. The van der Waals surface area contributed by atoms with Crippen LogP contribution in [0.25, 0.3) is 22.3 Å². The number of ether oxygens (including phenoxy) is 2. The molecule has 1 aliphatic heterocycles. The maximum Gasteiger partial charge on any atom is 0.251 e. The third-order valence-corrected chi connectivity index (χ3v) is 8.30. The Bertz CT molecular complexity index is 1590. The van der Waals surface area contributed by atoms with Crippen molar-refractivity contribution in [3.63, 3.8) is 0 Å². The third-order valence-electron chi connectivity index (χ3n) is 6.11. The summed E-state index contributed by atoms with van der Waals surface area (Å²) in [4.78, 5) is 26.7. The molecule has 1 aliphatic rings. The van der Waals surface area contributed by atoms with E-state index in [0.717, 1.165) is 5.39 Å². The number of carbonyl (C=O) groups excluding carboxylic acids is 1. The first-order chi connectivity index (χ1) is 17.8. The minimum Gasteiger partial charge on any atom is -0.478 e. The minimum absolute atomic E-state index is 0.121. The molecule has 4 aromatic rings. The van der Waals surface area contributed by atoms with Crippen LogP contribution in [0.4, 0.5) is 0 Å². The lowest BCUT2D eigenvalue weighted by molar-refractivity contribution is 0.0950. The average Bonchev–Trinajstić information content (AvgIpc) is 3.02. The summed E-state index contributed by atoms with van der Waals surface area (Å²) < 4.78 is 36.6. The van der Waals surface area contributed by atoms with Crippen LogP contribution in [0.2, 0.25) is 0 Å². The molecule has 10 heteroatoms. The van der Waals surface area contributed by atoms with E-state index in [1.165, 1.54) is 6.07 Å². The van der Waals surface area contributed by atoms with E-state index in [1.807, 2.05) is 37.3 Å². The first kappa shape index (κ1) is 24.8. The minimum atomic E-state index is -3.58. The Morgan fingerprint density at radius 3 is 2.78 bits per heavy atom. The van der Waals surface area contributed by atoms with Gasteiger partial charge in [-0.15, -0.1) is 0 Å². The maximum absolute atomic E-state index is 12.9. The monoisotopic (exact) mass is 518 g/mol. The molecule has 0 aliphatic carbocycles. The third kappa shape index (κ3) is 5.16. The van der Waals surface area contributed by atoms with Gasteiger partial charge in [-0.25, -0.2) is 18.4 Å². The summed E-state index contributed by atoms with van der Waals surface area (Å²) in [6, 6.07) is 15.8. The molecule has 0 bridgehead atoms. The van der Waals surface area contributed by atoms with Crippen LogP contribution in [0.5, 0.6) is 5.88 Å². The highest BCUT2D eigenvalue weighted by molar-refractivity contribution is 7.92. The van der Waals surface area contributed by atoms with E-state index in [2.05, 4.69) is 15.3 Å². The second-order valence-electron chi connectivity index (χ2n) is 8.73. The van der Waals surface area contributed by atoms with Crippen molar-refractivity contribution in [2.45, 2.75) is 37.1 Å². The molecule has 190 valence electrons. The second kappa shape index (κ2) is 10.2. The van der Waals surface area contributed by atoms with Crippen LogP contribution < -0.4 is 10.1 Å². The first-order valence-electron chi connectivity index (χ1n) is 11.9. The predicted molar refractivity (Wildman–Crippen MR) is 138 cm³/mol. The standard InChI is InChI=1S/C27H26N4O5S/c1-3-36-26-6-4-5-22(31-26)23-10-9-19-13-28-21(12-24(19)30-23)14-29-27(32)18-7-8-20-16-35-15-17(2)37(33,34)25(20)11-18/h4-13,17H,3,14-16H2,1-2H3,(H,29,32)/t17-/m0/s1. The van der Waals surface area contributed by atoms with E-state index in [-0.39, 0.29) is 30.2 Å². The van der Waals surface area contributed by atoms with Crippen molar-refractivity contribution in [3.05, 3.63) is 77.6 Å². The van der Waals surface area contributed by atoms with Crippen molar-refractivity contribution < 1.29 is 22.7 Å². The number of rotatable bonds is 6. The molecule has 5 rings (SSSR count). The maximum atomic E-state index is 12.9. The molecule has 1 N–H and O–H groups in total. The summed E-state index contributed by atoms with van der Waals surface area (Å²) in [5.41, 5.74) is 3.53. The molecule has 4 heterocycles. The number of benzene rings is 1. The molecule has 3 aromatic heterocycles. The molecule has 0 unspecified atom stereocenters. The summed E-state index contributed by atoms with van der Waals surface area (Å²) in [6.45, 7) is 4.51. The molecular weight excluding hydrogens is 492 g/mol. The van der Waals surface area contributed by atoms with Crippen molar-refractivity contribution in [2.24, 2.45) is 0 Å². The molecule has 37 heavy (non-hydrogen) atoms. The molecule has 0 radical (unpaired) electrons. The lowest BCUT2D eigenvalue weighted by atomic mass is 10.1. The van der Waals surface area contributed by atoms with Crippen LogP contribution in [0, 0.1) is 0 Å². The highest BCUT2D eigenvalue weighted by atomic mass is 32.2. The number of hydrogen-bond acceptors (Lipinski definition) is 8. The Labute approximate surface area is 214 Å². The number of sulfone groups is 1. The second-order valence-corrected chi connectivity index (χ2v) is 11.1. The fourth-order valence-electron chi connectivity index (χ4n) is 4.08. The predicted octanol–water partition coefficient (Wildman–Crippen LogP) is 3.71. The summed E-state index contributed by atoms with van der Waals surface area (Å²) in [5, 5.41) is 3.00. The quantitative estimate of drug-likeness (QED) is 0.410. The van der Waals surface area contributed by atoms with Crippen molar-refractivity contribution in [2.75, 3.05) is 13.2 Å². The average molecular weight is 519 g/mol. The largest absolute Gasteiger partial charge is 0.478 e. The van der Waals surface area contributed by atoms with Crippen molar-refractivity contribution in [3.8, 4) is 17.3 Å². The smallest absolute Gasteiger partial charge is 0.251 e. The van der Waals surface area contributed by atoms with Crippen LogP contribution in [0.1, 0.15) is 35.5 Å². The number of nitrogens with zero attached hydrogens (tertiary/aromatic N) is 3. The zero-order valence-corrected chi connectivity index (χ0v) is 21.3. The number of pyridine rings is 3. The Morgan fingerprint density at radius 2 is 1.95 bits per heavy atom. The molecule has 0 fully saturated rings.